The van der Waals surface area contributed by atoms with Crippen LogP contribution in [0.2, 0.25) is 0 Å². The topological polar surface area (TPSA) is 95.3 Å². The summed E-state index contributed by atoms with van der Waals surface area (Å²) in [5.74, 6) is 0.776. The van der Waals surface area contributed by atoms with Gasteiger partial charge in [0.25, 0.3) is 17.0 Å². The second-order valence-corrected chi connectivity index (χ2v) is 7.62. The van der Waals surface area contributed by atoms with Gasteiger partial charge >= 0.3 is 0 Å². The van der Waals surface area contributed by atoms with Gasteiger partial charge in [0.05, 0.1) is 17.8 Å². The zero-order valence-corrected chi connectivity index (χ0v) is 17.5. The van der Waals surface area contributed by atoms with Crippen molar-refractivity contribution in [3.8, 4) is 22.8 Å². The molecule has 0 bridgehead atoms. The van der Waals surface area contributed by atoms with E-state index in [0.29, 0.717) is 28.6 Å². The minimum atomic E-state index is -0.224. The molecule has 0 N–H and O–H groups in total. The van der Waals surface area contributed by atoms with Gasteiger partial charge in [0.2, 0.25) is 5.82 Å². The Balaban J connectivity index is 1.50. The third-order valence-corrected chi connectivity index (χ3v) is 5.20. The Labute approximate surface area is 182 Å². The SMILES string of the molecule is Cc1cccc(-c2noc(-c3ccc(=O)n(Cc4cc(=O)n5c(C)cccc5n4)c3)n2)c1. The van der Waals surface area contributed by atoms with Crippen LogP contribution in [-0.2, 0) is 6.54 Å². The highest BCUT2D eigenvalue weighted by Crippen LogP contribution is 2.22. The highest BCUT2D eigenvalue weighted by atomic mass is 16.5. The number of rotatable bonds is 4. The summed E-state index contributed by atoms with van der Waals surface area (Å²) in [6, 6.07) is 17.8. The van der Waals surface area contributed by atoms with Gasteiger partial charge in [-0.3, -0.25) is 14.0 Å². The predicted octanol–water partition coefficient (Wildman–Crippen LogP) is 3.24. The standard InChI is InChI=1S/C24H19N5O3/c1-15-5-3-7-17(11-15)23-26-24(32-27-23)18-9-10-21(30)28(13-18)14-19-12-22(31)29-16(2)6-4-8-20(29)25-19/h3-13H,14H2,1-2H3. The Morgan fingerprint density at radius 2 is 1.72 bits per heavy atom. The molecule has 158 valence electrons. The molecule has 4 heterocycles. The summed E-state index contributed by atoms with van der Waals surface area (Å²) in [4.78, 5) is 34.0. The molecular weight excluding hydrogens is 406 g/mol. The van der Waals surface area contributed by atoms with E-state index in [9.17, 15) is 9.59 Å². The molecule has 1 aromatic carbocycles. The number of fused-ring (bicyclic) bond motifs is 1. The molecule has 0 aliphatic rings. The smallest absolute Gasteiger partial charge is 0.259 e. The van der Waals surface area contributed by atoms with Crippen LogP contribution in [-0.4, -0.2) is 24.1 Å². The van der Waals surface area contributed by atoms with E-state index in [0.717, 1.165) is 16.8 Å². The Kier molecular flexibility index (Phi) is 4.74. The minimum Gasteiger partial charge on any atom is -0.334 e. The van der Waals surface area contributed by atoms with Crippen LogP contribution in [0.25, 0.3) is 28.5 Å². The van der Waals surface area contributed by atoms with Crippen molar-refractivity contribution in [3.63, 3.8) is 0 Å². The van der Waals surface area contributed by atoms with Gasteiger partial charge in [-0.15, -0.1) is 0 Å². The summed E-state index contributed by atoms with van der Waals surface area (Å²) in [5, 5.41) is 4.06. The van der Waals surface area contributed by atoms with Crippen molar-refractivity contribution in [3.05, 3.63) is 105 Å². The number of nitrogens with zero attached hydrogens (tertiary/aromatic N) is 5. The van der Waals surface area contributed by atoms with Crippen LogP contribution in [0.15, 0.2) is 81.0 Å². The number of aryl methyl sites for hydroxylation is 2. The predicted molar refractivity (Wildman–Crippen MR) is 119 cm³/mol. The van der Waals surface area contributed by atoms with E-state index in [1.54, 1.807) is 18.3 Å². The van der Waals surface area contributed by atoms with Gasteiger partial charge in [0.1, 0.15) is 5.65 Å². The van der Waals surface area contributed by atoms with Gasteiger partial charge in [-0.2, -0.15) is 4.98 Å². The summed E-state index contributed by atoms with van der Waals surface area (Å²) < 4.78 is 8.44. The first-order valence-electron chi connectivity index (χ1n) is 10.1. The first-order chi connectivity index (χ1) is 15.5. The molecule has 0 saturated carbocycles. The van der Waals surface area contributed by atoms with Gasteiger partial charge in [-0.05, 0) is 38.1 Å². The molecule has 0 aliphatic heterocycles. The maximum absolute atomic E-state index is 12.5. The summed E-state index contributed by atoms with van der Waals surface area (Å²) in [7, 11) is 0. The van der Waals surface area contributed by atoms with Gasteiger partial charge < -0.3 is 9.09 Å². The Bertz CT molecular complexity index is 1580. The van der Waals surface area contributed by atoms with Crippen molar-refractivity contribution >= 4 is 5.65 Å². The average molecular weight is 425 g/mol. The molecular formula is C24H19N5O3. The fourth-order valence-corrected chi connectivity index (χ4v) is 3.64. The third kappa shape index (κ3) is 3.62. The summed E-state index contributed by atoms with van der Waals surface area (Å²) in [6.07, 6.45) is 1.63. The lowest BCUT2D eigenvalue weighted by atomic mass is 10.1. The van der Waals surface area contributed by atoms with Crippen LogP contribution < -0.4 is 11.1 Å². The van der Waals surface area contributed by atoms with Crippen LogP contribution >= 0.6 is 0 Å². The van der Waals surface area contributed by atoms with E-state index < -0.39 is 0 Å². The second kappa shape index (κ2) is 7.73. The van der Waals surface area contributed by atoms with E-state index in [-0.39, 0.29) is 17.7 Å². The lowest BCUT2D eigenvalue weighted by Crippen LogP contribution is -2.23. The lowest BCUT2D eigenvalue weighted by Gasteiger charge is -2.09. The van der Waals surface area contributed by atoms with E-state index in [1.165, 1.54) is 21.1 Å². The zero-order chi connectivity index (χ0) is 22.2. The second-order valence-electron chi connectivity index (χ2n) is 7.62. The quantitative estimate of drug-likeness (QED) is 0.439. The van der Waals surface area contributed by atoms with E-state index in [4.69, 9.17) is 4.52 Å². The van der Waals surface area contributed by atoms with Crippen LogP contribution in [0.3, 0.4) is 0 Å². The number of hydrogen-bond donors (Lipinski definition) is 0. The summed E-state index contributed by atoms with van der Waals surface area (Å²) in [6.45, 7) is 3.98. The minimum absolute atomic E-state index is 0.144. The largest absolute Gasteiger partial charge is 0.334 e. The van der Waals surface area contributed by atoms with Crippen molar-refractivity contribution in [1.29, 1.82) is 0 Å². The van der Waals surface area contributed by atoms with Crippen molar-refractivity contribution in [1.82, 2.24) is 24.1 Å². The van der Waals surface area contributed by atoms with E-state index >= 15 is 0 Å². The molecule has 5 aromatic rings. The number of hydrogen-bond acceptors (Lipinski definition) is 6. The van der Waals surface area contributed by atoms with Crippen molar-refractivity contribution < 1.29 is 4.52 Å². The molecule has 0 spiro atoms. The third-order valence-electron chi connectivity index (χ3n) is 5.20. The van der Waals surface area contributed by atoms with Crippen molar-refractivity contribution in [2.45, 2.75) is 20.4 Å². The molecule has 32 heavy (non-hydrogen) atoms. The summed E-state index contributed by atoms with van der Waals surface area (Å²) in [5.41, 5.74) is 3.96. The van der Waals surface area contributed by atoms with Crippen molar-refractivity contribution in [2.75, 3.05) is 0 Å². The molecule has 8 nitrogen and oxygen atoms in total. The van der Waals surface area contributed by atoms with Crippen LogP contribution in [0.1, 0.15) is 17.0 Å². The highest BCUT2D eigenvalue weighted by molar-refractivity contribution is 5.59. The van der Waals surface area contributed by atoms with Gasteiger partial charge in [-0.1, -0.05) is 35.0 Å². The van der Waals surface area contributed by atoms with E-state index in [2.05, 4.69) is 15.1 Å². The first kappa shape index (κ1) is 19.6. The highest BCUT2D eigenvalue weighted by Gasteiger charge is 2.13. The fourth-order valence-electron chi connectivity index (χ4n) is 3.64. The number of aromatic nitrogens is 5. The monoisotopic (exact) mass is 425 g/mol. The normalized spacial score (nSPS) is 11.2. The lowest BCUT2D eigenvalue weighted by molar-refractivity contribution is 0.432. The summed E-state index contributed by atoms with van der Waals surface area (Å²) >= 11 is 0. The zero-order valence-electron chi connectivity index (χ0n) is 17.5. The van der Waals surface area contributed by atoms with Crippen LogP contribution in [0.4, 0.5) is 0 Å². The number of benzene rings is 1. The maximum atomic E-state index is 12.5. The van der Waals surface area contributed by atoms with Crippen LogP contribution in [0.5, 0.6) is 0 Å². The maximum Gasteiger partial charge on any atom is 0.259 e. The molecule has 0 amide bonds. The molecule has 0 aliphatic carbocycles. The van der Waals surface area contributed by atoms with Gasteiger partial charge in [0, 0.05) is 29.6 Å². The average Bonchev–Trinajstić information content (AvgIpc) is 3.25. The van der Waals surface area contributed by atoms with Crippen LogP contribution in [0, 0.1) is 13.8 Å². The van der Waals surface area contributed by atoms with Gasteiger partial charge in [0.15, 0.2) is 0 Å². The van der Waals surface area contributed by atoms with E-state index in [1.807, 2.05) is 50.2 Å². The molecule has 8 heteroatoms. The number of pyridine rings is 2. The molecule has 0 radical (unpaired) electrons. The van der Waals surface area contributed by atoms with Crippen molar-refractivity contribution in [2.24, 2.45) is 0 Å². The molecule has 0 unspecified atom stereocenters. The molecule has 4 aromatic heterocycles. The molecule has 0 fully saturated rings. The molecule has 5 rings (SSSR count). The Morgan fingerprint density at radius 3 is 2.56 bits per heavy atom. The first-order valence-corrected chi connectivity index (χ1v) is 10.1. The van der Waals surface area contributed by atoms with Gasteiger partial charge in [-0.25, -0.2) is 4.98 Å². The fraction of sp³-hybridized carbons (Fsp3) is 0.125. The molecule has 0 atom stereocenters. The molecule has 0 saturated heterocycles. The Morgan fingerprint density at radius 1 is 0.875 bits per heavy atom. The Hall–Kier alpha value is -4.33.